The molecule has 0 aliphatic rings. The van der Waals surface area contributed by atoms with Gasteiger partial charge < -0.3 is 9.52 Å². The van der Waals surface area contributed by atoms with E-state index in [9.17, 15) is 23.1 Å². The maximum Gasteiger partial charge on any atom is 0.418 e. The van der Waals surface area contributed by atoms with Crippen LogP contribution in [0.15, 0.2) is 101 Å². The van der Waals surface area contributed by atoms with Crippen molar-refractivity contribution >= 4 is 38.5 Å². The third-order valence-corrected chi connectivity index (χ3v) is 9.83. The van der Waals surface area contributed by atoms with E-state index in [0.29, 0.717) is 28.0 Å². The summed E-state index contributed by atoms with van der Waals surface area (Å²) < 4.78 is 48.6. The predicted molar refractivity (Wildman–Crippen MR) is 211 cm³/mol. The van der Waals surface area contributed by atoms with Crippen molar-refractivity contribution in [2.24, 2.45) is 17.3 Å². The second kappa shape index (κ2) is 17.9. The van der Waals surface area contributed by atoms with Crippen LogP contribution in [0.25, 0.3) is 55.1 Å². The van der Waals surface area contributed by atoms with E-state index in [1.54, 1.807) is 12.1 Å². The Balaban J connectivity index is 0.000000347. The Bertz CT molecular complexity index is 2220. The number of alkyl halides is 3. The summed E-state index contributed by atoms with van der Waals surface area (Å²) in [7, 11) is 0. The number of para-hydroxylation sites is 1. The van der Waals surface area contributed by atoms with Gasteiger partial charge in [-0.25, -0.2) is 0 Å². The minimum atomic E-state index is -4.55. The molecule has 4 aromatic carbocycles. The average molecular weight is 913 g/mol. The molecule has 0 aliphatic heterocycles. The van der Waals surface area contributed by atoms with Gasteiger partial charge in [-0.15, -0.1) is 17.5 Å². The van der Waals surface area contributed by atoms with E-state index in [1.807, 2.05) is 88.4 Å². The predicted octanol–water partition coefficient (Wildman–Crippen LogP) is 13.7. The van der Waals surface area contributed by atoms with E-state index in [2.05, 4.69) is 31.8 Å². The molecule has 1 radical (unpaired) electrons. The van der Waals surface area contributed by atoms with Crippen LogP contribution in [0.2, 0.25) is 0 Å². The molecule has 2 aromatic heterocycles. The number of benzene rings is 4. The first-order chi connectivity index (χ1) is 25.2. The zero-order chi connectivity index (χ0) is 38.5. The minimum absolute atomic E-state index is 0. The Hall–Kier alpha value is -4.26. The van der Waals surface area contributed by atoms with E-state index in [4.69, 9.17) is 4.42 Å². The summed E-state index contributed by atoms with van der Waals surface area (Å²) in [6.45, 7) is 14.5. The standard InChI is InChI=1S/C33H25F3NO.C13H24O2.Ir/c1-32(2,3)18-20-12-14-21(15-13-20)25-17-28(37-19-27(25)33(34,35)36)26-16-22-8-4-5-9-23(22)30-24-10-6-7-11-29(24)38-31(26)30;1-5-10(6-2)12(14)9-13(15)11(7-3)8-4;/h4-15,17,19H,18H2,1-3H3;9-11,14H,5-8H2,1-4H3;/q-1;;/b;12-9-;. The van der Waals surface area contributed by atoms with Gasteiger partial charge in [0.2, 0.25) is 0 Å². The molecule has 1 N–H and O–H groups in total. The van der Waals surface area contributed by atoms with Crippen LogP contribution in [-0.2, 0) is 37.5 Å². The van der Waals surface area contributed by atoms with Crippen molar-refractivity contribution in [3.8, 4) is 22.4 Å². The molecule has 0 spiro atoms. The maximum atomic E-state index is 14.1. The topological polar surface area (TPSA) is 63.3 Å². The summed E-state index contributed by atoms with van der Waals surface area (Å²) >= 11 is 0. The van der Waals surface area contributed by atoms with Crippen LogP contribution in [0.4, 0.5) is 13.2 Å². The second-order valence-corrected chi connectivity index (χ2v) is 14.9. The summed E-state index contributed by atoms with van der Waals surface area (Å²) in [4.78, 5) is 16.0. The fourth-order valence-corrected chi connectivity index (χ4v) is 6.92. The number of hydrogen-bond acceptors (Lipinski definition) is 4. The van der Waals surface area contributed by atoms with Crippen LogP contribution in [0.1, 0.15) is 85.3 Å². The van der Waals surface area contributed by atoms with Crippen molar-refractivity contribution in [3.63, 3.8) is 0 Å². The Morgan fingerprint density at radius 1 is 0.852 bits per heavy atom. The summed E-state index contributed by atoms with van der Waals surface area (Å²) in [5.41, 5.74) is 3.12. The number of aliphatic hydroxyl groups is 1. The molecule has 8 heteroatoms. The molecule has 0 saturated carbocycles. The van der Waals surface area contributed by atoms with E-state index in [-0.39, 0.29) is 54.5 Å². The smallest absolute Gasteiger partial charge is 0.418 e. The van der Waals surface area contributed by atoms with Gasteiger partial charge in [0.25, 0.3) is 0 Å². The quantitative estimate of drug-likeness (QED) is 0.0845. The summed E-state index contributed by atoms with van der Waals surface area (Å²) in [5.74, 6) is 0.547. The largest absolute Gasteiger partial charge is 0.512 e. The van der Waals surface area contributed by atoms with Gasteiger partial charge in [-0.05, 0) is 65.7 Å². The van der Waals surface area contributed by atoms with Gasteiger partial charge in [-0.3, -0.25) is 9.78 Å². The number of allylic oxidation sites excluding steroid dienone is 2. The normalized spacial score (nSPS) is 12.3. The first-order valence-corrected chi connectivity index (χ1v) is 18.6. The van der Waals surface area contributed by atoms with Gasteiger partial charge in [0.05, 0.1) is 16.9 Å². The molecule has 54 heavy (non-hydrogen) atoms. The van der Waals surface area contributed by atoms with Crippen molar-refractivity contribution in [1.82, 2.24) is 4.98 Å². The average Bonchev–Trinajstić information content (AvgIpc) is 3.52. The molecule has 0 fully saturated rings. The molecular weight excluding hydrogens is 864 g/mol. The number of furan rings is 1. The Labute approximate surface area is 330 Å². The van der Waals surface area contributed by atoms with Gasteiger partial charge >= 0.3 is 6.18 Å². The Morgan fingerprint density at radius 2 is 1.44 bits per heavy atom. The van der Waals surface area contributed by atoms with Crippen molar-refractivity contribution in [2.75, 3.05) is 0 Å². The summed E-state index contributed by atoms with van der Waals surface area (Å²) in [6.07, 6.45) is 2.11. The fraction of sp³-hybridized carbons (Fsp3) is 0.348. The number of aliphatic hydroxyl groups excluding tert-OH is 1. The number of nitrogens with zero attached hydrogens (tertiary/aromatic N) is 1. The van der Waals surface area contributed by atoms with Crippen LogP contribution in [0.3, 0.4) is 0 Å². The number of ketones is 1. The van der Waals surface area contributed by atoms with Crippen LogP contribution in [0, 0.1) is 23.3 Å². The minimum Gasteiger partial charge on any atom is -0.512 e. The van der Waals surface area contributed by atoms with Crippen molar-refractivity contribution in [3.05, 3.63) is 114 Å². The number of pyridine rings is 1. The number of rotatable bonds is 10. The summed E-state index contributed by atoms with van der Waals surface area (Å²) in [5, 5.41) is 13.4. The van der Waals surface area contributed by atoms with E-state index >= 15 is 0 Å². The van der Waals surface area contributed by atoms with Crippen LogP contribution < -0.4 is 0 Å². The third-order valence-electron chi connectivity index (χ3n) is 9.83. The van der Waals surface area contributed by atoms with Crippen LogP contribution >= 0.6 is 0 Å². The van der Waals surface area contributed by atoms with E-state index in [1.165, 1.54) is 12.1 Å². The first-order valence-electron chi connectivity index (χ1n) is 18.6. The molecule has 2 heterocycles. The fourth-order valence-electron chi connectivity index (χ4n) is 6.92. The third kappa shape index (κ3) is 9.69. The number of aromatic nitrogens is 1. The Kier molecular flexibility index (Phi) is 14.1. The molecule has 0 atom stereocenters. The van der Waals surface area contributed by atoms with Crippen LogP contribution in [0.5, 0.6) is 0 Å². The number of halogens is 3. The summed E-state index contributed by atoms with van der Waals surface area (Å²) in [6, 6.07) is 27.8. The maximum absolute atomic E-state index is 14.1. The number of carbonyl (C=O) groups excluding carboxylic acids is 1. The van der Waals surface area contributed by atoms with Crippen molar-refractivity contribution < 1.29 is 47.6 Å². The molecule has 6 rings (SSSR count). The van der Waals surface area contributed by atoms with Gasteiger partial charge in [0.1, 0.15) is 5.58 Å². The zero-order valence-electron chi connectivity index (χ0n) is 32.0. The van der Waals surface area contributed by atoms with E-state index in [0.717, 1.165) is 65.4 Å². The molecule has 0 bridgehead atoms. The molecule has 0 saturated heterocycles. The molecule has 4 nitrogen and oxygen atoms in total. The van der Waals surface area contributed by atoms with Crippen molar-refractivity contribution in [1.29, 1.82) is 0 Å². The van der Waals surface area contributed by atoms with E-state index < -0.39 is 11.7 Å². The number of hydrogen-bond donors (Lipinski definition) is 1. The van der Waals surface area contributed by atoms with Gasteiger partial charge in [-0.1, -0.05) is 126 Å². The van der Waals surface area contributed by atoms with Gasteiger partial charge in [0, 0.05) is 55.3 Å². The SMILES string of the molecule is CC(C)(C)Cc1ccc(-c2cc(-c3[c-]c4ccccc4c4c3oc3ccccc34)ncc2C(F)(F)F)cc1.CCC(CC)C(=O)/C=C(\O)C(CC)CC.[Ir]. The Morgan fingerprint density at radius 3 is 2.04 bits per heavy atom. The molecule has 0 unspecified atom stereocenters. The molecule has 6 aromatic rings. The molecule has 0 amide bonds. The van der Waals surface area contributed by atoms with Crippen LogP contribution in [-0.4, -0.2) is 15.9 Å². The first kappa shape index (κ1) is 42.5. The monoisotopic (exact) mass is 913 g/mol. The molecular formula is C46H49F3IrNO3-. The zero-order valence-corrected chi connectivity index (χ0v) is 34.4. The molecule has 287 valence electrons. The van der Waals surface area contributed by atoms with Gasteiger partial charge in [-0.2, -0.15) is 13.2 Å². The van der Waals surface area contributed by atoms with Crippen molar-refractivity contribution in [2.45, 2.75) is 86.7 Å². The molecule has 0 aliphatic carbocycles. The van der Waals surface area contributed by atoms with Gasteiger partial charge in [0.15, 0.2) is 5.78 Å². The number of carbonyl (C=O) groups is 1. The second-order valence-electron chi connectivity index (χ2n) is 14.9. The number of fused-ring (bicyclic) bond motifs is 5.